The average Bonchev–Trinajstić information content (AvgIpc) is 3.43. The number of rotatable bonds is 5. The minimum Gasteiger partial charge on any atom is -0.466 e. The maximum Gasteiger partial charge on any atom is 0.309 e. The van der Waals surface area contributed by atoms with E-state index in [9.17, 15) is 9.59 Å². The van der Waals surface area contributed by atoms with Gasteiger partial charge in [-0.05, 0) is 50.1 Å². The summed E-state index contributed by atoms with van der Waals surface area (Å²) in [5, 5.41) is 5.12. The monoisotopic (exact) mass is 427 g/mol. The predicted octanol–water partition coefficient (Wildman–Crippen LogP) is 4.20. The van der Waals surface area contributed by atoms with Crippen LogP contribution in [0.1, 0.15) is 30.3 Å². The summed E-state index contributed by atoms with van der Waals surface area (Å²) in [6.45, 7) is 3.14. The van der Waals surface area contributed by atoms with E-state index < -0.39 is 0 Å². The number of piperidine rings is 1. The molecule has 1 saturated heterocycles. The molecule has 156 valence electrons. The molecule has 0 spiro atoms. The first-order chi connectivity index (χ1) is 14.6. The van der Waals surface area contributed by atoms with Crippen LogP contribution < -0.4 is 0 Å². The maximum atomic E-state index is 13.1. The zero-order valence-corrected chi connectivity index (χ0v) is 17.3. The highest BCUT2D eigenvalue weighted by Crippen LogP contribution is 2.27. The lowest BCUT2D eigenvalue weighted by molar-refractivity contribution is -0.149. The number of amides is 1. The Morgan fingerprint density at radius 3 is 2.67 bits per heavy atom. The van der Waals surface area contributed by atoms with Gasteiger partial charge in [-0.25, -0.2) is 4.68 Å². The molecule has 0 bridgehead atoms. The van der Waals surface area contributed by atoms with Crippen molar-refractivity contribution in [3.63, 3.8) is 0 Å². The summed E-state index contributed by atoms with van der Waals surface area (Å²) in [4.78, 5) is 26.8. The molecule has 1 aliphatic rings. The smallest absolute Gasteiger partial charge is 0.309 e. The van der Waals surface area contributed by atoms with Crippen molar-refractivity contribution in [2.45, 2.75) is 19.8 Å². The normalized spacial score (nSPS) is 14.7. The highest BCUT2D eigenvalue weighted by molar-refractivity contribution is 6.30. The fourth-order valence-electron chi connectivity index (χ4n) is 3.63. The van der Waals surface area contributed by atoms with Crippen LogP contribution in [0, 0.1) is 5.92 Å². The zero-order valence-electron chi connectivity index (χ0n) is 16.6. The zero-order chi connectivity index (χ0) is 21.1. The van der Waals surface area contributed by atoms with Gasteiger partial charge in [-0.1, -0.05) is 17.7 Å². The lowest BCUT2D eigenvalue weighted by Crippen LogP contribution is -2.40. The minimum atomic E-state index is -0.185. The molecular formula is C22H22ClN3O4. The van der Waals surface area contributed by atoms with Crippen molar-refractivity contribution >= 4 is 23.5 Å². The molecular weight excluding hydrogens is 406 g/mol. The van der Waals surface area contributed by atoms with Crippen molar-refractivity contribution in [3.8, 4) is 17.1 Å². The van der Waals surface area contributed by atoms with Crippen molar-refractivity contribution in [1.82, 2.24) is 14.7 Å². The standard InChI is InChI=1S/C22H22ClN3O4/c1-2-29-22(28)15-8-10-25(11-9-15)21(27)18-14-19(20-7-4-12-30-20)26(24-18)17-6-3-5-16(23)13-17/h3-7,12-15H,2,8-11H2,1H3. The summed E-state index contributed by atoms with van der Waals surface area (Å²) in [5.41, 5.74) is 1.71. The van der Waals surface area contributed by atoms with Crippen LogP contribution >= 0.6 is 11.6 Å². The molecule has 0 atom stereocenters. The lowest BCUT2D eigenvalue weighted by atomic mass is 9.97. The summed E-state index contributed by atoms with van der Waals surface area (Å²) in [5.74, 6) is 0.0834. The van der Waals surface area contributed by atoms with Crippen LogP contribution in [-0.4, -0.2) is 46.3 Å². The van der Waals surface area contributed by atoms with Gasteiger partial charge in [0.25, 0.3) is 5.91 Å². The molecule has 4 rings (SSSR count). The second-order valence-electron chi connectivity index (χ2n) is 7.10. The molecule has 2 aromatic heterocycles. The maximum absolute atomic E-state index is 13.1. The summed E-state index contributed by atoms with van der Waals surface area (Å²) in [6.07, 6.45) is 2.75. The number of hydrogen-bond donors (Lipinski definition) is 0. The summed E-state index contributed by atoms with van der Waals surface area (Å²) < 4.78 is 12.3. The van der Waals surface area contributed by atoms with E-state index in [-0.39, 0.29) is 17.8 Å². The van der Waals surface area contributed by atoms with Crippen molar-refractivity contribution in [2.75, 3.05) is 19.7 Å². The number of carbonyl (C=O) groups is 2. The van der Waals surface area contributed by atoms with Crippen LogP contribution in [0.4, 0.5) is 0 Å². The van der Waals surface area contributed by atoms with Crippen LogP contribution in [0.15, 0.2) is 53.1 Å². The van der Waals surface area contributed by atoms with Crippen molar-refractivity contribution in [3.05, 3.63) is 59.4 Å². The molecule has 3 heterocycles. The topological polar surface area (TPSA) is 77.6 Å². The number of aromatic nitrogens is 2. The predicted molar refractivity (Wildman–Crippen MR) is 112 cm³/mol. The van der Waals surface area contributed by atoms with Crippen LogP contribution in [0.3, 0.4) is 0 Å². The molecule has 0 saturated carbocycles. The Labute approximate surface area is 179 Å². The number of esters is 1. The van der Waals surface area contributed by atoms with E-state index in [4.69, 9.17) is 20.8 Å². The van der Waals surface area contributed by atoms with Crippen molar-refractivity contribution < 1.29 is 18.7 Å². The van der Waals surface area contributed by atoms with Crippen LogP contribution in [-0.2, 0) is 9.53 Å². The van der Waals surface area contributed by atoms with Gasteiger partial charge in [0.2, 0.25) is 0 Å². The molecule has 30 heavy (non-hydrogen) atoms. The van der Waals surface area contributed by atoms with E-state index in [0.717, 1.165) is 5.69 Å². The van der Waals surface area contributed by atoms with Crippen LogP contribution in [0.2, 0.25) is 5.02 Å². The Bertz CT molecular complexity index is 1040. The average molecular weight is 428 g/mol. The first kappa shape index (κ1) is 20.2. The van der Waals surface area contributed by atoms with E-state index in [2.05, 4.69) is 5.10 Å². The SMILES string of the molecule is CCOC(=O)C1CCN(C(=O)c2cc(-c3ccco3)n(-c3cccc(Cl)c3)n2)CC1. The molecule has 7 nitrogen and oxygen atoms in total. The third-order valence-electron chi connectivity index (χ3n) is 5.16. The molecule has 8 heteroatoms. The first-order valence-electron chi connectivity index (χ1n) is 9.92. The van der Waals surface area contributed by atoms with Gasteiger partial charge >= 0.3 is 5.97 Å². The van der Waals surface area contributed by atoms with Gasteiger partial charge in [-0.2, -0.15) is 5.10 Å². The Kier molecular flexibility index (Phi) is 5.90. The fourth-order valence-corrected chi connectivity index (χ4v) is 3.82. The highest BCUT2D eigenvalue weighted by Gasteiger charge is 2.30. The van der Waals surface area contributed by atoms with Gasteiger partial charge in [-0.3, -0.25) is 9.59 Å². The number of furan rings is 1. The Balaban J connectivity index is 1.58. The number of carbonyl (C=O) groups excluding carboxylic acids is 2. The summed E-state index contributed by atoms with van der Waals surface area (Å²) in [7, 11) is 0. The molecule has 3 aromatic rings. The van der Waals surface area contributed by atoms with E-state index in [1.807, 2.05) is 18.2 Å². The van der Waals surface area contributed by atoms with Gasteiger partial charge < -0.3 is 14.1 Å². The number of likely N-dealkylation sites (tertiary alicyclic amines) is 1. The van der Waals surface area contributed by atoms with Gasteiger partial charge in [0.1, 0.15) is 5.69 Å². The molecule has 0 aliphatic carbocycles. The lowest BCUT2D eigenvalue weighted by Gasteiger charge is -2.30. The largest absolute Gasteiger partial charge is 0.466 e. The van der Waals surface area contributed by atoms with Gasteiger partial charge in [0.15, 0.2) is 11.5 Å². The minimum absolute atomic E-state index is 0.156. The molecule has 1 amide bonds. The third kappa shape index (κ3) is 4.11. The van der Waals surface area contributed by atoms with Crippen molar-refractivity contribution in [2.24, 2.45) is 5.92 Å². The first-order valence-corrected chi connectivity index (χ1v) is 10.3. The number of ether oxygens (including phenoxy) is 1. The highest BCUT2D eigenvalue weighted by atomic mass is 35.5. The van der Waals surface area contributed by atoms with Gasteiger partial charge in [0, 0.05) is 24.2 Å². The van der Waals surface area contributed by atoms with Gasteiger partial charge in [0.05, 0.1) is 24.5 Å². The molecule has 1 aromatic carbocycles. The van der Waals surface area contributed by atoms with Crippen LogP contribution in [0.25, 0.3) is 17.1 Å². The quantitative estimate of drug-likeness (QED) is 0.570. The van der Waals surface area contributed by atoms with Gasteiger partial charge in [-0.15, -0.1) is 0 Å². The van der Waals surface area contributed by atoms with Crippen molar-refractivity contribution in [1.29, 1.82) is 0 Å². The Hall–Kier alpha value is -3.06. The summed E-state index contributed by atoms with van der Waals surface area (Å²) >= 11 is 6.15. The number of nitrogens with zero attached hydrogens (tertiary/aromatic N) is 3. The number of benzene rings is 1. The molecule has 0 radical (unpaired) electrons. The molecule has 1 aliphatic heterocycles. The summed E-state index contributed by atoms with van der Waals surface area (Å²) in [6, 6.07) is 12.6. The number of hydrogen-bond acceptors (Lipinski definition) is 5. The Morgan fingerprint density at radius 1 is 1.20 bits per heavy atom. The van der Waals surface area contributed by atoms with Crippen LogP contribution in [0.5, 0.6) is 0 Å². The van der Waals surface area contributed by atoms with E-state index >= 15 is 0 Å². The Morgan fingerprint density at radius 2 is 2.00 bits per heavy atom. The molecule has 0 unspecified atom stereocenters. The number of halogens is 1. The van der Waals surface area contributed by atoms with E-state index in [0.29, 0.717) is 54.7 Å². The second-order valence-corrected chi connectivity index (χ2v) is 7.54. The van der Waals surface area contributed by atoms with E-state index in [1.54, 1.807) is 47.0 Å². The fraction of sp³-hybridized carbons (Fsp3) is 0.318. The third-order valence-corrected chi connectivity index (χ3v) is 5.39. The molecule has 1 fully saturated rings. The molecule has 0 N–H and O–H groups in total. The second kappa shape index (κ2) is 8.75. The van der Waals surface area contributed by atoms with E-state index in [1.165, 1.54) is 0 Å².